The first kappa shape index (κ1) is 18.5. The van der Waals surface area contributed by atoms with Crippen LogP contribution in [0.25, 0.3) is 0 Å². The van der Waals surface area contributed by atoms with Gasteiger partial charge in [-0.15, -0.1) is 0 Å². The Morgan fingerprint density at radius 1 is 0.967 bits per heavy atom. The molecule has 2 unspecified atom stereocenters. The highest BCUT2D eigenvalue weighted by molar-refractivity contribution is 6.04. The summed E-state index contributed by atoms with van der Waals surface area (Å²) in [6.07, 6.45) is 0.0152. The Bertz CT molecular complexity index is 1130. The van der Waals surface area contributed by atoms with Crippen molar-refractivity contribution in [3.05, 3.63) is 89.2 Å². The molecule has 0 aromatic heterocycles. The summed E-state index contributed by atoms with van der Waals surface area (Å²) in [5.41, 5.74) is 3.25. The third-order valence-electron chi connectivity index (χ3n) is 5.59. The number of rotatable bonds is 4. The topological polar surface area (TPSA) is 43.3 Å². The largest absolute Gasteiger partial charge is 0.497 e. The number of para-hydroxylation sites is 1. The van der Waals surface area contributed by atoms with E-state index in [1.54, 1.807) is 26.4 Å². The normalized spacial score (nSPS) is 19.4. The molecule has 0 fully saturated rings. The minimum absolute atomic E-state index is 0.0543. The summed E-state index contributed by atoms with van der Waals surface area (Å²) in [5, 5.41) is 6.74. The van der Waals surface area contributed by atoms with Crippen LogP contribution >= 0.6 is 0 Å². The highest BCUT2D eigenvalue weighted by Crippen LogP contribution is 2.48. The van der Waals surface area contributed by atoms with Crippen molar-refractivity contribution < 1.29 is 18.6 Å². The zero-order valence-corrected chi connectivity index (χ0v) is 16.7. The van der Waals surface area contributed by atoms with Gasteiger partial charge in [-0.3, -0.25) is 0 Å². The molecule has 0 saturated carbocycles. The Morgan fingerprint density at radius 2 is 1.73 bits per heavy atom. The fourth-order valence-electron chi connectivity index (χ4n) is 4.11. The first-order chi connectivity index (χ1) is 14.7. The lowest BCUT2D eigenvalue weighted by Crippen LogP contribution is -2.34. The van der Waals surface area contributed by atoms with E-state index in [0.717, 1.165) is 22.6 Å². The average molecular weight is 404 g/mol. The maximum atomic E-state index is 14.6. The SMILES string of the molecule is COc1ccc(C2=NN3C(C2)c2ccccc2OC3c2ccccc2F)c(OC)c1. The molecule has 2 aliphatic rings. The van der Waals surface area contributed by atoms with Gasteiger partial charge in [0.05, 0.1) is 31.5 Å². The van der Waals surface area contributed by atoms with E-state index >= 15 is 0 Å². The van der Waals surface area contributed by atoms with E-state index in [-0.39, 0.29) is 11.9 Å². The predicted octanol–water partition coefficient (Wildman–Crippen LogP) is 5.09. The second-order valence-electron chi connectivity index (χ2n) is 7.24. The zero-order valence-electron chi connectivity index (χ0n) is 16.7. The molecular formula is C24H21FN2O3. The average Bonchev–Trinajstić information content (AvgIpc) is 3.24. The fraction of sp³-hybridized carbons (Fsp3) is 0.208. The van der Waals surface area contributed by atoms with Crippen molar-refractivity contribution in [3.63, 3.8) is 0 Å². The second kappa shape index (κ2) is 7.37. The molecule has 0 amide bonds. The van der Waals surface area contributed by atoms with Crippen molar-refractivity contribution in [3.8, 4) is 17.2 Å². The monoisotopic (exact) mass is 404 g/mol. The van der Waals surface area contributed by atoms with E-state index < -0.39 is 6.23 Å². The van der Waals surface area contributed by atoms with Crippen molar-refractivity contribution in [1.82, 2.24) is 5.01 Å². The first-order valence-corrected chi connectivity index (χ1v) is 9.78. The van der Waals surface area contributed by atoms with Gasteiger partial charge >= 0.3 is 0 Å². The van der Waals surface area contributed by atoms with Gasteiger partial charge in [0.25, 0.3) is 0 Å². The number of halogens is 1. The van der Waals surface area contributed by atoms with Crippen molar-refractivity contribution in [2.75, 3.05) is 14.2 Å². The zero-order chi connectivity index (χ0) is 20.7. The van der Waals surface area contributed by atoms with E-state index in [0.29, 0.717) is 23.5 Å². The van der Waals surface area contributed by atoms with Crippen molar-refractivity contribution in [1.29, 1.82) is 0 Å². The Morgan fingerprint density at radius 3 is 2.50 bits per heavy atom. The molecule has 5 rings (SSSR count). The molecule has 2 aliphatic heterocycles. The van der Waals surface area contributed by atoms with Gasteiger partial charge in [-0.1, -0.05) is 36.4 Å². The summed E-state index contributed by atoms with van der Waals surface area (Å²) < 4.78 is 31.8. The lowest BCUT2D eigenvalue weighted by molar-refractivity contribution is -0.0212. The lowest BCUT2D eigenvalue weighted by atomic mass is 9.95. The number of hydrogen-bond donors (Lipinski definition) is 0. The molecule has 2 heterocycles. The van der Waals surface area contributed by atoms with Crippen LogP contribution in [0.1, 0.15) is 35.4 Å². The van der Waals surface area contributed by atoms with Crippen LogP contribution in [-0.2, 0) is 0 Å². The van der Waals surface area contributed by atoms with Crippen molar-refractivity contribution >= 4 is 5.71 Å². The molecule has 6 heteroatoms. The Hall–Kier alpha value is -3.54. The summed E-state index contributed by atoms with van der Waals surface area (Å²) in [6, 6.07) is 20.2. The van der Waals surface area contributed by atoms with Crippen LogP contribution in [0.4, 0.5) is 4.39 Å². The minimum atomic E-state index is -0.646. The molecule has 0 N–H and O–H groups in total. The fourth-order valence-corrected chi connectivity index (χ4v) is 4.11. The van der Waals surface area contributed by atoms with Gasteiger partial charge in [-0.2, -0.15) is 5.10 Å². The molecule has 0 spiro atoms. The first-order valence-electron chi connectivity index (χ1n) is 9.78. The number of fused-ring (bicyclic) bond motifs is 3. The van der Waals surface area contributed by atoms with Gasteiger partial charge in [0.15, 0.2) is 0 Å². The molecular weight excluding hydrogens is 383 g/mol. The van der Waals surface area contributed by atoms with Gasteiger partial charge < -0.3 is 14.2 Å². The number of nitrogens with zero attached hydrogens (tertiary/aromatic N) is 2. The van der Waals surface area contributed by atoms with Crippen molar-refractivity contribution in [2.24, 2.45) is 5.10 Å². The van der Waals surface area contributed by atoms with Crippen LogP contribution in [-0.4, -0.2) is 24.9 Å². The summed E-state index contributed by atoms with van der Waals surface area (Å²) in [7, 11) is 3.25. The Balaban J connectivity index is 1.61. The predicted molar refractivity (Wildman–Crippen MR) is 111 cm³/mol. The van der Waals surface area contributed by atoms with Crippen molar-refractivity contribution in [2.45, 2.75) is 18.7 Å². The van der Waals surface area contributed by atoms with Gasteiger partial charge in [0.2, 0.25) is 6.23 Å². The summed E-state index contributed by atoms with van der Waals surface area (Å²) >= 11 is 0. The number of benzene rings is 3. The van der Waals surface area contributed by atoms with E-state index in [1.807, 2.05) is 53.5 Å². The van der Waals surface area contributed by atoms with Crippen LogP contribution in [0, 0.1) is 5.82 Å². The highest BCUT2D eigenvalue weighted by atomic mass is 19.1. The molecule has 3 aromatic carbocycles. The third kappa shape index (κ3) is 2.96. The van der Waals surface area contributed by atoms with Crippen LogP contribution < -0.4 is 14.2 Å². The summed E-state index contributed by atoms with van der Waals surface area (Å²) in [6.45, 7) is 0. The maximum absolute atomic E-state index is 14.6. The van der Waals surface area contributed by atoms with Crippen LogP contribution in [0.3, 0.4) is 0 Å². The molecule has 152 valence electrons. The van der Waals surface area contributed by atoms with Crippen LogP contribution in [0.5, 0.6) is 17.2 Å². The Labute approximate surface area is 174 Å². The second-order valence-corrected chi connectivity index (χ2v) is 7.24. The molecule has 0 saturated heterocycles. The van der Waals surface area contributed by atoms with Crippen LogP contribution in [0.15, 0.2) is 71.8 Å². The van der Waals surface area contributed by atoms with Gasteiger partial charge in [-0.25, -0.2) is 9.40 Å². The summed E-state index contributed by atoms with van der Waals surface area (Å²) in [4.78, 5) is 0. The molecule has 0 radical (unpaired) electrons. The molecule has 0 bridgehead atoms. The molecule has 3 aromatic rings. The van der Waals surface area contributed by atoms with E-state index in [9.17, 15) is 4.39 Å². The maximum Gasteiger partial charge on any atom is 0.216 e. The van der Waals surface area contributed by atoms with E-state index in [2.05, 4.69) is 0 Å². The van der Waals surface area contributed by atoms with Gasteiger partial charge in [0, 0.05) is 23.6 Å². The van der Waals surface area contributed by atoms with Gasteiger partial charge in [-0.05, 0) is 24.3 Å². The number of hydrogen-bond acceptors (Lipinski definition) is 5. The number of ether oxygens (including phenoxy) is 3. The highest BCUT2D eigenvalue weighted by Gasteiger charge is 2.42. The van der Waals surface area contributed by atoms with Gasteiger partial charge in [0.1, 0.15) is 23.1 Å². The molecule has 0 aliphatic carbocycles. The molecule has 2 atom stereocenters. The lowest BCUT2D eigenvalue weighted by Gasteiger charge is -2.38. The van der Waals surface area contributed by atoms with E-state index in [1.165, 1.54) is 6.07 Å². The standard InChI is InChI=1S/C24H21FN2O3/c1-28-15-11-12-17(23(13-15)29-2)20-14-21-18-8-4-6-10-22(18)30-24(27(21)26-20)16-7-3-5-9-19(16)25/h3-13,21,24H,14H2,1-2H3. The minimum Gasteiger partial charge on any atom is -0.497 e. The third-order valence-corrected chi connectivity index (χ3v) is 5.59. The van der Waals surface area contributed by atoms with E-state index in [4.69, 9.17) is 19.3 Å². The molecule has 5 nitrogen and oxygen atoms in total. The molecule has 30 heavy (non-hydrogen) atoms. The number of hydrazone groups is 1. The Kier molecular flexibility index (Phi) is 4.54. The summed E-state index contributed by atoms with van der Waals surface area (Å²) in [5.74, 6) is 1.84. The quantitative estimate of drug-likeness (QED) is 0.608. The number of methoxy groups -OCH3 is 2. The van der Waals surface area contributed by atoms with Crippen LogP contribution in [0.2, 0.25) is 0 Å². The smallest absolute Gasteiger partial charge is 0.216 e.